The molecule has 1 aromatic heterocycles. The molecule has 1 unspecified atom stereocenters. The van der Waals surface area contributed by atoms with Crippen molar-refractivity contribution in [3.05, 3.63) is 111 Å². The van der Waals surface area contributed by atoms with Crippen LogP contribution in [0.1, 0.15) is 43.0 Å². The number of ketones is 1. The quantitative estimate of drug-likeness (QED) is 0.0851. The summed E-state index contributed by atoms with van der Waals surface area (Å²) >= 11 is 14.9. The third-order valence-corrected chi connectivity index (χ3v) is 9.41. The van der Waals surface area contributed by atoms with E-state index in [1.54, 1.807) is 36.4 Å². The second-order valence-electron chi connectivity index (χ2n) is 9.81. The molecule has 1 aliphatic rings. The second kappa shape index (κ2) is 15.0. The highest BCUT2D eigenvalue weighted by Gasteiger charge is 2.45. The Kier molecular flexibility index (Phi) is 10.8. The van der Waals surface area contributed by atoms with Crippen molar-refractivity contribution < 1.29 is 24.2 Å². The number of aromatic nitrogens is 2. The highest BCUT2D eigenvalue weighted by Crippen LogP contribution is 2.45. The van der Waals surface area contributed by atoms with Crippen molar-refractivity contribution in [2.75, 3.05) is 18.1 Å². The van der Waals surface area contributed by atoms with E-state index in [9.17, 15) is 14.7 Å². The molecular formula is C33H29Cl2N3O5S2. The molecule has 12 heteroatoms. The van der Waals surface area contributed by atoms with E-state index in [0.29, 0.717) is 50.4 Å². The minimum absolute atomic E-state index is 0.0748. The summed E-state index contributed by atoms with van der Waals surface area (Å²) in [5.74, 6) is -0.422. The summed E-state index contributed by atoms with van der Waals surface area (Å²) < 4.78 is 12.3. The molecule has 4 aromatic rings. The highest BCUT2D eigenvalue weighted by atomic mass is 35.5. The van der Waals surface area contributed by atoms with Crippen LogP contribution in [0.4, 0.5) is 5.13 Å². The third kappa shape index (κ3) is 7.53. The molecule has 0 aliphatic carbocycles. The summed E-state index contributed by atoms with van der Waals surface area (Å²) in [5, 5.41) is 21.0. The number of aliphatic hydroxyl groups is 1. The normalized spacial score (nSPS) is 14.9. The van der Waals surface area contributed by atoms with Gasteiger partial charge in [-0.2, -0.15) is 0 Å². The fourth-order valence-corrected chi connectivity index (χ4v) is 7.05. The molecule has 2 heterocycles. The van der Waals surface area contributed by atoms with Gasteiger partial charge in [-0.05, 0) is 60.4 Å². The van der Waals surface area contributed by atoms with Crippen LogP contribution >= 0.6 is 46.3 Å². The van der Waals surface area contributed by atoms with Crippen LogP contribution < -0.4 is 14.4 Å². The van der Waals surface area contributed by atoms with Crippen molar-refractivity contribution in [3.8, 4) is 11.5 Å². The number of allylic oxidation sites excluding steroid dienone is 1. The van der Waals surface area contributed by atoms with Gasteiger partial charge in [0.15, 0.2) is 27.4 Å². The van der Waals surface area contributed by atoms with E-state index >= 15 is 0 Å². The minimum atomic E-state index is -0.999. The van der Waals surface area contributed by atoms with E-state index in [-0.39, 0.29) is 10.7 Å². The first kappa shape index (κ1) is 32.6. The highest BCUT2D eigenvalue weighted by molar-refractivity contribution is 8.00. The number of carbonyl (C=O) groups is 2. The molecule has 0 bridgehead atoms. The molecule has 0 saturated carbocycles. The van der Waals surface area contributed by atoms with Crippen molar-refractivity contribution in [1.29, 1.82) is 0 Å². The van der Waals surface area contributed by atoms with E-state index in [0.717, 1.165) is 17.5 Å². The first-order chi connectivity index (χ1) is 21.8. The number of hydrogen-bond acceptors (Lipinski definition) is 9. The minimum Gasteiger partial charge on any atom is -0.503 e. The Morgan fingerprint density at radius 1 is 1.04 bits per heavy atom. The first-order valence-electron chi connectivity index (χ1n) is 14.1. The Morgan fingerprint density at radius 3 is 2.58 bits per heavy atom. The third-order valence-electron chi connectivity index (χ3n) is 6.71. The van der Waals surface area contributed by atoms with Gasteiger partial charge >= 0.3 is 0 Å². The summed E-state index contributed by atoms with van der Waals surface area (Å²) in [6.45, 7) is 4.73. The van der Waals surface area contributed by atoms with Gasteiger partial charge in [-0.15, -0.1) is 10.2 Å². The number of amides is 1. The van der Waals surface area contributed by atoms with Gasteiger partial charge in [0.25, 0.3) is 5.91 Å². The molecule has 1 amide bonds. The maximum atomic E-state index is 13.7. The number of thioether (sulfide) groups is 1. The fraction of sp³-hybridized carbons (Fsp3) is 0.212. The molecule has 0 radical (unpaired) electrons. The van der Waals surface area contributed by atoms with E-state index < -0.39 is 23.5 Å². The van der Waals surface area contributed by atoms with Crippen molar-refractivity contribution in [3.63, 3.8) is 0 Å². The number of anilines is 1. The largest absolute Gasteiger partial charge is 0.503 e. The van der Waals surface area contributed by atoms with Crippen molar-refractivity contribution in [1.82, 2.24) is 10.2 Å². The van der Waals surface area contributed by atoms with Gasteiger partial charge in [0.05, 0.1) is 24.8 Å². The lowest BCUT2D eigenvalue weighted by Gasteiger charge is -2.24. The van der Waals surface area contributed by atoms with Crippen LogP contribution in [-0.4, -0.2) is 40.2 Å². The van der Waals surface area contributed by atoms with Crippen LogP contribution in [0.15, 0.2) is 88.5 Å². The van der Waals surface area contributed by atoms with E-state index in [1.165, 1.54) is 34.1 Å². The van der Waals surface area contributed by atoms with Gasteiger partial charge in [-0.3, -0.25) is 14.5 Å². The fourth-order valence-electron chi connectivity index (χ4n) is 4.63. The maximum absolute atomic E-state index is 13.7. The van der Waals surface area contributed by atoms with E-state index in [1.807, 2.05) is 50.2 Å². The van der Waals surface area contributed by atoms with Gasteiger partial charge in [0.1, 0.15) is 0 Å². The zero-order valence-corrected chi connectivity index (χ0v) is 27.6. The average molecular weight is 683 g/mol. The van der Waals surface area contributed by atoms with E-state index in [2.05, 4.69) is 10.2 Å². The summed E-state index contributed by atoms with van der Waals surface area (Å²) in [4.78, 5) is 28.6. The Labute approximate surface area is 279 Å². The number of rotatable bonds is 13. The Hall–Kier alpha value is -3.83. The van der Waals surface area contributed by atoms with Gasteiger partial charge in [0.2, 0.25) is 5.13 Å². The van der Waals surface area contributed by atoms with Gasteiger partial charge < -0.3 is 14.6 Å². The smallest absolute Gasteiger partial charge is 0.296 e. The van der Waals surface area contributed by atoms with Crippen LogP contribution in [0.3, 0.4) is 0 Å². The molecule has 45 heavy (non-hydrogen) atoms. The van der Waals surface area contributed by atoms with Crippen molar-refractivity contribution in [2.24, 2.45) is 0 Å². The van der Waals surface area contributed by atoms with Crippen LogP contribution in [0.25, 0.3) is 6.08 Å². The summed E-state index contributed by atoms with van der Waals surface area (Å²) in [7, 11) is 0. The number of nitrogens with zero attached hydrogens (tertiary/aromatic N) is 3. The predicted octanol–water partition coefficient (Wildman–Crippen LogP) is 8.51. The zero-order chi connectivity index (χ0) is 31.9. The number of ether oxygens (including phenoxy) is 2. The summed E-state index contributed by atoms with van der Waals surface area (Å²) in [6, 6.07) is 18.8. The summed E-state index contributed by atoms with van der Waals surface area (Å²) in [5.41, 5.74) is 2.12. The number of benzene rings is 3. The molecule has 232 valence electrons. The lowest BCUT2D eigenvalue weighted by atomic mass is 9.95. The molecule has 1 atom stereocenters. The second-order valence-corrected chi connectivity index (χ2v) is 12.8. The average Bonchev–Trinajstić information content (AvgIpc) is 3.61. The van der Waals surface area contributed by atoms with Crippen LogP contribution in [0.2, 0.25) is 10.0 Å². The van der Waals surface area contributed by atoms with Crippen molar-refractivity contribution >= 4 is 69.2 Å². The van der Waals surface area contributed by atoms with Crippen LogP contribution in [0, 0.1) is 0 Å². The molecule has 0 saturated heterocycles. The first-order valence-corrected chi connectivity index (χ1v) is 16.7. The van der Waals surface area contributed by atoms with Crippen molar-refractivity contribution in [2.45, 2.75) is 36.4 Å². The van der Waals surface area contributed by atoms with Crippen LogP contribution in [0.5, 0.6) is 11.5 Å². The molecule has 1 aliphatic heterocycles. The van der Waals surface area contributed by atoms with Gasteiger partial charge in [-0.1, -0.05) is 102 Å². The molecular weight excluding hydrogens is 653 g/mol. The van der Waals surface area contributed by atoms with Gasteiger partial charge in [-0.25, -0.2) is 0 Å². The van der Waals surface area contributed by atoms with E-state index in [4.69, 9.17) is 32.7 Å². The molecule has 1 N–H and O–H groups in total. The predicted molar refractivity (Wildman–Crippen MR) is 180 cm³/mol. The maximum Gasteiger partial charge on any atom is 0.296 e. The molecule has 8 nitrogen and oxygen atoms in total. The Morgan fingerprint density at radius 2 is 1.84 bits per heavy atom. The van der Waals surface area contributed by atoms with Crippen LogP contribution in [-0.2, 0) is 15.3 Å². The number of hydrogen-bond donors (Lipinski definition) is 1. The lowest BCUT2D eigenvalue weighted by molar-refractivity contribution is -0.117. The van der Waals surface area contributed by atoms with Gasteiger partial charge in [0, 0.05) is 15.8 Å². The number of carbonyl (C=O) groups excluding carboxylic acids is 2. The monoisotopic (exact) mass is 681 g/mol. The number of aliphatic hydroxyl groups excluding tert-OH is 1. The molecule has 5 rings (SSSR count). The molecule has 0 fully saturated rings. The molecule has 3 aromatic carbocycles. The SMILES string of the molecule is CCCOc1ccc(C2C(C(=O)/C=C/c3ccccc3)=C(O)C(=O)N2c2nnc(SCc3ccc(Cl)cc3Cl)s2)cc1OCC. The summed E-state index contributed by atoms with van der Waals surface area (Å²) in [6.07, 6.45) is 3.80. The lowest BCUT2D eigenvalue weighted by Crippen LogP contribution is -2.31. The standard InChI is InChI=1S/C33H29Cl2N3O5S2/c1-3-16-43-26-15-12-21(17-27(26)42-4-2)29-28(25(39)14-10-20-8-6-5-7-9-20)30(40)31(41)38(29)32-36-37-33(45-32)44-19-22-11-13-23(34)18-24(22)35/h5-15,17-18,29,40H,3-4,16,19H2,1-2H3/b14-10+. The Balaban J connectivity index is 1.51. The topological polar surface area (TPSA) is 102 Å². The Bertz CT molecular complexity index is 1760. The number of halogens is 2. The molecule has 0 spiro atoms. The zero-order valence-electron chi connectivity index (χ0n) is 24.4.